The van der Waals surface area contributed by atoms with Gasteiger partial charge in [-0.25, -0.2) is 4.39 Å². The molecule has 29 heavy (non-hydrogen) atoms. The fraction of sp³-hybridized carbons (Fsp3) is 0.350. The first kappa shape index (κ1) is 19.4. The number of hydrogen-bond acceptors (Lipinski definition) is 4. The molecule has 2 aromatic rings. The number of benzene rings is 1. The van der Waals surface area contributed by atoms with Gasteiger partial charge in [0.15, 0.2) is 11.4 Å². The molecule has 0 unspecified atom stereocenters. The van der Waals surface area contributed by atoms with Crippen molar-refractivity contribution in [3.8, 4) is 5.75 Å². The van der Waals surface area contributed by atoms with E-state index in [0.29, 0.717) is 18.7 Å². The predicted molar refractivity (Wildman–Crippen MR) is 104 cm³/mol. The fourth-order valence-corrected chi connectivity index (χ4v) is 4.13. The molecule has 2 aliphatic rings. The molecule has 1 aromatic carbocycles. The Hall–Kier alpha value is -2.87. The highest BCUT2D eigenvalue weighted by Crippen LogP contribution is 2.28. The second kappa shape index (κ2) is 7.51. The first-order valence-corrected chi connectivity index (χ1v) is 9.74. The summed E-state index contributed by atoms with van der Waals surface area (Å²) >= 11 is 5.73. The maximum absolute atomic E-state index is 13.2. The average Bonchev–Trinajstić information content (AvgIpc) is 2.71. The second-order valence-corrected chi connectivity index (χ2v) is 7.71. The van der Waals surface area contributed by atoms with E-state index >= 15 is 0 Å². The smallest absolute Gasteiger partial charge is 0.274 e. The van der Waals surface area contributed by atoms with Crippen LogP contribution in [0.25, 0.3) is 0 Å². The third-order valence-corrected chi connectivity index (χ3v) is 5.73. The number of hydrogen-bond donors (Lipinski definition) is 2. The largest absolute Gasteiger partial charge is 0.503 e. The molecule has 0 aliphatic carbocycles. The summed E-state index contributed by atoms with van der Waals surface area (Å²) in [6, 6.07) is 4.02. The third kappa shape index (κ3) is 3.48. The zero-order valence-corrected chi connectivity index (χ0v) is 16.2. The van der Waals surface area contributed by atoms with E-state index in [9.17, 15) is 23.9 Å². The number of piperidine rings is 1. The molecule has 1 saturated heterocycles. The number of carbonyl (C=O) groups excluding carboxylic acids is 2. The standard InChI is InChI=1S/C20H19ClFN3O4/c21-14-7-11(4-5-15(14)22)8-23-19(28)13-10-24-9-12-3-1-2-6-25(12)20(29)16(24)18(27)17(13)26/h4-5,7,10,12,27H,1-3,6,8-9H2,(H,23,28)/t12-/m1/s1. The Morgan fingerprint density at radius 2 is 2.10 bits per heavy atom. The van der Waals surface area contributed by atoms with E-state index in [2.05, 4.69) is 5.32 Å². The van der Waals surface area contributed by atoms with E-state index in [1.54, 1.807) is 4.90 Å². The minimum atomic E-state index is -0.894. The lowest BCUT2D eigenvalue weighted by atomic mass is 9.98. The van der Waals surface area contributed by atoms with Gasteiger partial charge in [0.2, 0.25) is 5.43 Å². The summed E-state index contributed by atoms with van der Waals surface area (Å²) in [4.78, 5) is 39.5. The lowest BCUT2D eigenvalue weighted by Gasteiger charge is -2.40. The van der Waals surface area contributed by atoms with Gasteiger partial charge in [-0.15, -0.1) is 0 Å². The van der Waals surface area contributed by atoms with E-state index in [1.807, 2.05) is 0 Å². The summed E-state index contributed by atoms with van der Waals surface area (Å²) in [7, 11) is 0. The third-order valence-electron chi connectivity index (χ3n) is 5.44. The molecule has 9 heteroatoms. The zero-order chi connectivity index (χ0) is 20.7. The van der Waals surface area contributed by atoms with Crippen LogP contribution in [0.5, 0.6) is 5.75 Å². The van der Waals surface area contributed by atoms with Crippen LogP contribution in [-0.2, 0) is 13.1 Å². The molecule has 3 heterocycles. The Morgan fingerprint density at radius 1 is 1.31 bits per heavy atom. The molecule has 152 valence electrons. The molecule has 0 bridgehead atoms. The van der Waals surface area contributed by atoms with E-state index in [1.165, 1.54) is 29.0 Å². The minimum absolute atomic E-state index is 0.0112. The number of nitrogens with one attached hydrogen (secondary N) is 1. The number of aromatic hydroxyl groups is 1. The Labute approximate surface area is 170 Å². The summed E-state index contributed by atoms with van der Waals surface area (Å²) in [5, 5.41) is 12.9. The van der Waals surface area contributed by atoms with Crippen LogP contribution in [0.15, 0.2) is 29.2 Å². The molecule has 4 rings (SSSR count). The highest BCUT2D eigenvalue weighted by atomic mass is 35.5. The van der Waals surface area contributed by atoms with Gasteiger partial charge >= 0.3 is 0 Å². The molecule has 1 fully saturated rings. The number of rotatable bonds is 3. The molecule has 0 radical (unpaired) electrons. The number of aromatic nitrogens is 1. The molecule has 7 nitrogen and oxygen atoms in total. The minimum Gasteiger partial charge on any atom is -0.503 e. The molecule has 2 N–H and O–H groups in total. The number of carbonyl (C=O) groups is 2. The fourth-order valence-electron chi connectivity index (χ4n) is 3.93. The van der Waals surface area contributed by atoms with Crippen LogP contribution < -0.4 is 10.7 Å². The van der Waals surface area contributed by atoms with Gasteiger partial charge in [-0.2, -0.15) is 0 Å². The van der Waals surface area contributed by atoms with Crippen LogP contribution >= 0.6 is 11.6 Å². The van der Waals surface area contributed by atoms with Crippen LogP contribution in [0.4, 0.5) is 4.39 Å². The van der Waals surface area contributed by atoms with Gasteiger partial charge in [-0.05, 0) is 37.0 Å². The highest BCUT2D eigenvalue weighted by molar-refractivity contribution is 6.30. The van der Waals surface area contributed by atoms with Gasteiger partial charge in [0.1, 0.15) is 11.4 Å². The van der Waals surface area contributed by atoms with Crippen LogP contribution in [0.1, 0.15) is 45.7 Å². The lowest BCUT2D eigenvalue weighted by Crippen LogP contribution is -2.51. The van der Waals surface area contributed by atoms with E-state index in [4.69, 9.17) is 11.6 Å². The first-order valence-electron chi connectivity index (χ1n) is 9.36. The van der Waals surface area contributed by atoms with Crippen molar-refractivity contribution in [2.45, 2.75) is 38.4 Å². The van der Waals surface area contributed by atoms with Crippen LogP contribution in [0.3, 0.4) is 0 Å². The number of nitrogens with zero attached hydrogens (tertiary/aromatic N) is 2. The van der Waals surface area contributed by atoms with Crippen molar-refractivity contribution in [2.24, 2.45) is 0 Å². The molecule has 0 saturated carbocycles. The van der Waals surface area contributed by atoms with E-state index in [0.717, 1.165) is 19.3 Å². The van der Waals surface area contributed by atoms with Gasteiger partial charge in [-0.3, -0.25) is 14.4 Å². The summed E-state index contributed by atoms with van der Waals surface area (Å²) < 4.78 is 14.7. The molecule has 1 atom stereocenters. The average molecular weight is 420 g/mol. The summed E-state index contributed by atoms with van der Waals surface area (Å²) in [6.07, 6.45) is 4.06. The highest BCUT2D eigenvalue weighted by Gasteiger charge is 2.37. The summed E-state index contributed by atoms with van der Waals surface area (Å²) in [6.45, 7) is 1.04. The number of pyridine rings is 1. The van der Waals surface area contributed by atoms with Crippen LogP contribution in [-0.4, -0.2) is 39.0 Å². The van der Waals surface area contributed by atoms with Crippen molar-refractivity contribution >= 4 is 23.4 Å². The van der Waals surface area contributed by atoms with E-state index in [-0.39, 0.29) is 34.8 Å². The maximum Gasteiger partial charge on any atom is 0.274 e. The lowest BCUT2D eigenvalue weighted by molar-refractivity contribution is 0.0504. The first-order chi connectivity index (χ1) is 13.9. The van der Waals surface area contributed by atoms with Gasteiger partial charge < -0.3 is 19.9 Å². The second-order valence-electron chi connectivity index (χ2n) is 7.30. The molecule has 2 amide bonds. The summed E-state index contributed by atoms with van der Waals surface area (Å²) in [5.74, 6) is -2.36. The van der Waals surface area contributed by atoms with Crippen molar-refractivity contribution in [1.29, 1.82) is 0 Å². The van der Waals surface area contributed by atoms with Crippen LogP contribution in [0, 0.1) is 5.82 Å². The van der Waals surface area contributed by atoms with E-state index < -0.39 is 22.9 Å². The number of halogens is 2. The SMILES string of the molecule is O=C(NCc1ccc(F)c(Cl)c1)c1cn2c(c(O)c1=O)C(=O)N1CCCC[C@@H]1C2. The molecule has 1 aromatic heterocycles. The Balaban J connectivity index is 1.60. The van der Waals surface area contributed by atoms with Gasteiger partial charge in [0, 0.05) is 31.9 Å². The number of amides is 2. The topological polar surface area (TPSA) is 91.6 Å². The molecular weight excluding hydrogens is 401 g/mol. The zero-order valence-electron chi connectivity index (χ0n) is 15.5. The quantitative estimate of drug-likeness (QED) is 0.798. The monoisotopic (exact) mass is 419 g/mol. The van der Waals surface area contributed by atoms with Crippen molar-refractivity contribution in [2.75, 3.05) is 6.54 Å². The summed E-state index contributed by atoms with van der Waals surface area (Å²) in [5.41, 5.74) is -0.665. The molecule has 0 spiro atoms. The normalized spacial score (nSPS) is 18.2. The van der Waals surface area contributed by atoms with Crippen molar-refractivity contribution in [3.05, 3.63) is 62.3 Å². The maximum atomic E-state index is 13.2. The predicted octanol–water partition coefficient (Wildman–Crippen LogP) is 2.28. The van der Waals surface area contributed by atoms with Gasteiger partial charge in [0.05, 0.1) is 5.02 Å². The Kier molecular flexibility index (Phi) is 5.04. The molecule has 2 aliphatic heterocycles. The Bertz CT molecular complexity index is 1070. The molecular formula is C20H19ClFN3O4. The van der Waals surface area contributed by atoms with Crippen molar-refractivity contribution in [3.63, 3.8) is 0 Å². The van der Waals surface area contributed by atoms with Gasteiger partial charge in [0.25, 0.3) is 11.8 Å². The Morgan fingerprint density at radius 3 is 2.86 bits per heavy atom. The van der Waals surface area contributed by atoms with Crippen LogP contribution in [0.2, 0.25) is 5.02 Å². The number of fused-ring (bicyclic) bond motifs is 2. The van der Waals surface area contributed by atoms with Gasteiger partial charge in [-0.1, -0.05) is 17.7 Å². The van der Waals surface area contributed by atoms with Crippen molar-refractivity contribution < 1.29 is 19.1 Å². The van der Waals surface area contributed by atoms with Crippen molar-refractivity contribution in [1.82, 2.24) is 14.8 Å².